The van der Waals surface area contributed by atoms with Gasteiger partial charge in [-0.05, 0) is 103 Å². The number of carbonyl (C=O) groups excluding carboxylic acids is 10. The number of aliphatic hydroxyl groups excluding tert-OH is 2. The smallest absolute Gasteiger partial charge is 0.325 e. The Balaban J connectivity index is 2.19. The summed E-state index contributed by atoms with van der Waals surface area (Å²) in [6.07, 6.45) is -0.853. The van der Waals surface area contributed by atoms with Crippen molar-refractivity contribution < 1.29 is 68.1 Å². The van der Waals surface area contributed by atoms with Crippen LogP contribution in [0.4, 0.5) is 0 Å². The van der Waals surface area contributed by atoms with Crippen LogP contribution in [0, 0.1) is 5.92 Å². The molecule has 28 nitrogen and oxygen atoms in total. The summed E-state index contributed by atoms with van der Waals surface area (Å²) in [5.74, 6) is -11.0. The van der Waals surface area contributed by atoms with Crippen LogP contribution in [0.15, 0.2) is 30.5 Å². The second-order valence-electron chi connectivity index (χ2n) is 18.9. The fourth-order valence-electron chi connectivity index (χ4n) is 7.56. The number of nitrogens with one attached hydrogen (secondary N) is 10. The molecule has 1 aromatic carbocycles. The summed E-state index contributed by atoms with van der Waals surface area (Å²) in [4.78, 5) is 146. The molecule has 424 valence electrons. The highest BCUT2D eigenvalue weighted by Crippen LogP contribution is 2.19. The van der Waals surface area contributed by atoms with E-state index in [1.165, 1.54) is 13.8 Å². The number of para-hydroxylation sites is 1. The third-order valence-electron chi connectivity index (χ3n) is 11.7. The number of carbonyl (C=O) groups is 11. The first-order chi connectivity index (χ1) is 35.8. The zero-order valence-electron chi connectivity index (χ0n) is 43.6. The van der Waals surface area contributed by atoms with E-state index in [1.54, 1.807) is 20.0 Å². The Morgan fingerprint density at radius 3 is 1.54 bits per heavy atom. The van der Waals surface area contributed by atoms with E-state index in [9.17, 15) is 68.1 Å². The number of rotatable bonds is 35. The molecule has 0 radical (unpaired) electrons. The predicted octanol–water partition coefficient (Wildman–Crippen LogP) is -5.29. The number of hydrogen-bond acceptors (Lipinski definition) is 16. The van der Waals surface area contributed by atoms with Gasteiger partial charge in [-0.2, -0.15) is 0 Å². The van der Waals surface area contributed by atoms with Crippen LogP contribution in [0.2, 0.25) is 0 Å². The van der Waals surface area contributed by atoms with Crippen molar-refractivity contribution in [2.24, 2.45) is 28.9 Å². The molecule has 0 saturated carbocycles. The van der Waals surface area contributed by atoms with Gasteiger partial charge in [0.2, 0.25) is 59.1 Å². The van der Waals surface area contributed by atoms with E-state index >= 15 is 0 Å². The van der Waals surface area contributed by atoms with E-state index in [0.29, 0.717) is 19.3 Å². The first-order valence-electron chi connectivity index (χ1n) is 25.0. The average molecular weight is 1080 g/mol. The quantitative estimate of drug-likeness (QED) is 0.0287. The Hall–Kier alpha value is -7.27. The molecule has 0 aliphatic heterocycles. The highest BCUT2D eigenvalue weighted by atomic mass is 16.4. The van der Waals surface area contributed by atoms with Gasteiger partial charge in [0.05, 0.1) is 37.8 Å². The predicted molar refractivity (Wildman–Crippen MR) is 275 cm³/mol. The minimum atomic E-state index is -1.86. The number of benzene rings is 1. The number of primary amides is 1. The molecule has 1 aromatic heterocycles. The fraction of sp³-hybridized carbons (Fsp3) is 0.604. The number of hydrogen-bond donors (Lipinski definition) is 17. The maximum absolute atomic E-state index is 13.9. The minimum Gasteiger partial charge on any atom is -0.480 e. The SMILES string of the molecule is CC(C)C[C@H](NC(=O)CNC(=O)[C@H](CC(N)=O)NC(=O)[C@@H](NC(=O)[C@H](CCCCN)NC(=O)[C@@H](NC(=O)[C@H](CCCCN)NC(=O)CNC(=O)[C@@H](N)Cc1c[nH]c2ccccc12)[C@@H](C)O)[C@@H](C)O)C(=O)N[C@@H](C)C(=O)O. The Labute approximate surface area is 439 Å². The van der Waals surface area contributed by atoms with E-state index in [4.69, 9.17) is 22.9 Å². The molecule has 0 spiro atoms. The van der Waals surface area contributed by atoms with E-state index < -0.39 is 145 Å². The molecule has 10 amide bonds. The van der Waals surface area contributed by atoms with E-state index in [-0.39, 0.29) is 51.1 Å². The highest BCUT2D eigenvalue weighted by molar-refractivity contribution is 5.99. The topological polar surface area (TPSA) is 477 Å². The lowest BCUT2D eigenvalue weighted by Gasteiger charge is -2.28. The van der Waals surface area contributed by atoms with E-state index in [0.717, 1.165) is 23.4 Å². The summed E-state index contributed by atoms with van der Waals surface area (Å²) in [7, 11) is 0. The van der Waals surface area contributed by atoms with Crippen LogP contribution in [0.5, 0.6) is 0 Å². The lowest BCUT2D eigenvalue weighted by atomic mass is 10.0. The molecule has 76 heavy (non-hydrogen) atoms. The van der Waals surface area contributed by atoms with Crippen molar-refractivity contribution in [1.82, 2.24) is 52.8 Å². The van der Waals surface area contributed by atoms with Gasteiger partial charge in [-0.15, -0.1) is 0 Å². The molecular formula is C48H78N14O14. The van der Waals surface area contributed by atoms with Crippen LogP contribution in [0.3, 0.4) is 0 Å². The van der Waals surface area contributed by atoms with Crippen LogP contribution >= 0.6 is 0 Å². The molecule has 2 aromatic rings. The van der Waals surface area contributed by atoms with Gasteiger partial charge in [0, 0.05) is 17.1 Å². The standard InChI is InChI=1S/C48H78N14O14/c1-24(2)18-34(45(72)56-25(3)48(75)76)58-38(67)23-55-42(69)35(20-36(52)65)60-47(74)40(27(5)64)62-44(71)33(15-9-11-17-50)59-46(73)39(26(4)63)61-43(70)32(14-8-10-16-49)57-37(66)22-54-41(68)30(51)19-28-21-53-31-13-7-6-12-29(28)31/h6-7,12-13,21,24-27,30,32-35,39-40,53,63-64H,8-11,14-20,22-23,49-51H2,1-5H3,(H2,52,65)(H,54,68)(H,55,69)(H,56,72)(H,57,66)(H,58,67)(H,59,73)(H,60,74)(H,61,70)(H,62,71)(H,75,76)/t25-,26+,27+,30-,32-,33-,34-,35-,39-,40-/m0/s1. The van der Waals surface area contributed by atoms with Crippen LogP contribution < -0.4 is 70.8 Å². The Kier molecular flexibility index (Phi) is 28.1. The molecule has 0 fully saturated rings. The van der Waals surface area contributed by atoms with Gasteiger partial charge < -0.3 is 91.1 Å². The van der Waals surface area contributed by atoms with Crippen molar-refractivity contribution in [3.05, 3.63) is 36.0 Å². The molecule has 21 N–H and O–H groups in total. The largest absolute Gasteiger partial charge is 0.480 e. The Morgan fingerprint density at radius 2 is 1.05 bits per heavy atom. The van der Waals surface area contributed by atoms with Crippen molar-refractivity contribution in [3.8, 4) is 0 Å². The summed E-state index contributed by atoms with van der Waals surface area (Å²) in [6.45, 7) is 6.08. The second kappa shape index (κ2) is 32.9. The summed E-state index contributed by atoms with van der Waals surface area (Å²) >= 11 is 0. The molecule has 0 bridgehead atoms. The third-order valence-corrected chi connectivity index (χ3v) is 11.7. The van der Waals surface area contributed by atoms with Crippen molar-refractivity contribution >= 4 is 75.9 Å². The van der Waals surface area contributed by atoms with Gasteiger partial charge in [0.15, 0.2) is 0 Å². The minimum absolute atomic E-state index is 0.0249. The number of aliphatic carboxylic acids is 1. The maximum atomic E-state index is 13.9. The number of aromatic amines is 1. The van der Waals surface area contributed by atoms with Crippen molar-refractivity contribution in [2.75, 3.05) is 26.2 Å². The number of nitrogens with two attached hydrogens (primary N) is 4. The van der Waals surface area contributed by atoms with Gasteiger partial charge in [-0.3, -0.25) is 52.7 Å². The van der Waals surface area contributed by atoms with Gasteiger partial charge >= 0.3 is 5.97 Å². The summed E-state index contributed by atoms with van der Waals surface area (Å²) in [6, 6.07) is -4.24. The Bertz CT molecular complexity index is 2310. The van der Waals surface area contributed by atoms with Gasteiger partial charge in [0.25, 0.3) is 0 Å². The van der Waals surface area contributed by atoms with Crippen LogP contribution in [0.1, 0.15) is 91.5 Å². The van der Waals surface area contributed by atoms with E-state index in [1.807, 2.05) is 24.3 Å². The first kappa shape index (κ1) is 64.8. The summed E-state index contributed by atoms with van der Waals surface area (Å²) in [5, 5.41) is 52.7. The average Bonchev–Trinajstić information content (AvgIpc) is 3.76. The van der Waals surface area contributed by atoms with Gasteiger partial charge in [-0.25, -0.2) is 0 Å². The zero-order chi connectivity index (χ0) is 57.2. The van der Waals surface area contributed by atoms with Crippen molar-refractivity contribution in [1.29, 1.82) is 0 Å². The van der Waals surface area contributed by atoms with E-state index in [2.05, 4.69) is 52.8 Å². The van der Waals surface area contributed by atoms with Crippen LogP contribution in [0.25, 0.3) is 10.9 Å². The summed E-state index contributed by atoms with van der Waals surface area (Å²) in [5.41, 5.74) is 24.5. The monoisotopic (exact) mass is 1070 g/mol. The molecule has 10 atom stereocenters. The van der Waals surface area contributed by atoms with Crippen LogP contribution in [-0.4, -0.2) is 172 Å². The third kappa shape index (κ3) is 22.7. The highest BCUT2D eigenvalue weighted by Gasteiger charge is 2.36. The molecule has 28 heteroatoms. The lowest BCUT2D eigenvalue weighted by Crippen LogP contribution is -2.62. The zero-order valence-corrected chi connectivity index (χ0v) is 43.6. The van der Waals surface area contributed by atoms with Crippen LogP contribution in [-0.2, 0) is 59.2 Å². The van der Waals surface area contributed by atoms with Gasteiger partial charge in [-0.1, -0.05) is 32.0 Å². The molecule has 1 heterocycles. The fourth-order valence-corrected chi connectivity index (χ4v) is 7.56. The maximum Gasteiger partial charge on any atom is 0.325 e. The number of amides is 10. The number of unbranched alkanes of at least 4 members (excludes halogenated alkanes) is 2. The van der Waals surface area contributed by atoms with Gasteiger partial charge in [0.1, 0.15) is 42.3 Å². The first-order valence-corrected chi connectivity index (χ1v) is 25.0. The van der Waals surface area contributed by atoms with Crippen molar-refractivity contribution in [2.45, 2.75) is 153 Å². The molecule has 2 rings (SSSR count). The second-order valence-corrected chi connectivity index (χ2v) is 18.9. The van der Waals surface area contributed by atoms with Crippen molar-refractivity contribution in [3.63, 3.8) is 0 Å². The molecule has 0 saturated heterocycles. The lowest BCUT2D eigenvalue weighted by molar-refractivity contribution is -0.141. The number of carboxylic acids is 1. The number of aliphatic hydroxyl groups is 2. The Morgan fingerprint density at radius 1 is 0.579 bits per heavy atom. The normalized spacial score (nSPS) is 15.1. The molecular weight excluding hydrogens is 997 g/mol. The number of carboxylic acid groups (broad SMARTS) is 1. The molecule has 0 aliphatic rings. The summed E-state index contributed by atoms with van der Waals surface area (Å²) < 4.78 is 0. The number of H-pyrrole nitrogens is 1. The molecule has 0 unspecified atom stereocenters. The molecule has 0 aliphatic carbocycles. The number of fused-ring (bicyclic) bond motifs is 1. The number of aromatic nitrogens is 1.